The molecule has 2 unspecified atom stereocenters. The fourth-order valence-corrected chi connectivity index (χ4v) is 3.08. The molecule has 0 amide bonds. The molecular weight excluding hydrogens is 306 g/mol. The Morgan fingerprint density at radius 1 is 1.58 bits per heavy atom. The number of hydrogen-bond donors (Lipinski definition) is 1. The van der Waals surface area contributed by atoms with Gasteiger partial charge in [-0.1, -0.05) is 6.07 Å². The van der Waals surface area contributed by atoms with Crippen LogP contribution in [0.3, 0.4) is 0 Å². The van der Waals surface area contributed by atoms with Crippen molar-refractivity contribution < 1.29 is 4.74 Å². The zero-order valence-corrected chi connectivity index (χ0v) is 12.6. The first kappa shape index (κ1) is 14.3. The number of nitrogens with two attached hydrogens (primary N) is 1. The SMILES string of the molecule is COC1CCN(c2cccc(Br)c2C#N)C(CN)C1. The van der Waals surface area contributed by atoms with E-state index in [1.54, 1.807) is 7.11 Å². The molecule has 4 nitrogen and oxygen atoms in total. The summed E-state index contributed by atoms with van der Waals surface area (Å²) in [5.74, 6) is 0. The Hall–Kier alpha value is -1.09. The van der Waals surface area contributed by atoms with E-state index in [1.807, 2.05) is 18.2 Å². The maximum atomic E-state index is 9.32. The molecule has 0 radical (unpaired) electrons. The van der Waals surface area contributed by atoms with Crippen molar-refractivity contribution in [3.63, 3.8) is 0 Å². The molecule has 2 atom stereocenters. The summed E-state index contributed by atoms with van der Waals surface area (Å²) >= 11 is 3.44. The van der Waals surface area contributed by atoms with Crippen LogP contribution in [0.25, 0.3) is 0 Å². The quantitative estimate of drug-likeness (QED) is 0.926. The van der Waals surface area contributed by atoms with E-state index in [1.165, 1.54) is 0 Å². The normalized spacial score (nSPS) is 23.2. The molecule has 1 aliphatic rings. The van der Waals surface area contributed by atoms with Gasteiger partial charge in [0.1, 0.15) is 6.07 Å². The van der Waals surface area contributed by atoms with Gasteiger partial charge in [-0.05, 0) is 40.9 Å². The van der Waals surface area contributed by atoms with Crippen molar-refractivity contribution in [3.8, 4) is 6.07 Å². The van der Waals surface area contributed by atoms with Gasteiger partial charge in [0.25, 0.3) is 0 Å². The number of rotatable bonds is 3. The number of ether oxygens (including phenoxy) is 1. The monoisotopic (exact) mass is 323 g/mol. The van der Waals surface area contributed by atoms with E-state index in [2.05, 4.69) is 26.9 Å². The van der Waals surface area contributed by atoms with Gasteiger partial charge in [0.05, 0.1) is 17.4 Å². The summed E-state index contributed by atoms with van der Waals surface area (Å²) in [6.45, 7) is 1.43. The zero-order valence-electron chi connectivity index (χ0n) is 11.0. The van der Waals surface area contributed by atoms with E-state index in [-0.39, 0.29) is 12.1 Å². The van der Waals surface area contributed by atoms with E-state index in [9.17, 15) is 5.26 Å². The Morgan fingerprint density at radius 2 is 2.37 bits per heavy atom. The summed E-state index contributed by atoms with van der Waals surface area (Å²) in [4.78, 5) is 2.23. The highest BCUT2D eigenvalue weighted by Crippen LogP contribution is 2.32. The lowest BCUT2D eigenvalue weighted by molar-refractivity contribution is 0.0709. The fraction of sp³-hybridized carbons (Fsp3) is 0.500. The topological polar surface area (TPSA) is 62.3 Å². The molecule has 1 fully saturated rings. The lowest BCUT2D eigenvalue weighted by atomic mass is 9.97. The highest BCUT2D eigenvalue weighted by Gasteiger charge is 2.29. The third-order valence-corrected chi connectivity index (χ3v) is 4.35. The maximum Gasteiger partial charge on any atom is 0.103 e. The first-order chi connectivity index (χ1) is 9.21. The number of hydrogen-bond acceptors (Lipinski definition) is 4. The second kappa shape index (κ2) is 6.38. The molecule has 19 heavy (non-hydrogen) atoms. The number of benzene rings is 1. The first-order valence-corrected chi connectivity index (χ1v) is 7.18. The molecule has 5 heteroatoms. The van der Waals surface area contributed by atoms with Crippen LogP contribution in [-0.4, -0.2) is 32.3 Å². The molecule has 0 bridgehead atoms. The van der Waals surface area contributed by atoms with E-state index in [0.29, 0.717) is 12.1 Å². The highest BCUT2D eigenvalue weighted by atomic mass is 79.9. The van der Waals surface area contributed by atoms with Gasteiger partial charge in [0.2, 0.25) is 0 Å². The molecule has 0 saturated carbocycles. The van der Waals surface area contributed by atoms with Gasteiger partial charge in [0, 0.05) is 30.7 Å². The molecule has 2 rings (SSSR count). The molecular formula is C14H18BrN3O. The van der Waals surface area contributed by atoms with Gasteiger partial charge in [-0.25, -0.2) is 0 Å². The second-order valence-corrected chi connectivity index (χ2v) is 5.57. The number of methoxy groups -OCH3 is 1. The maximum absolute atomic E-state index is 9.32. The molecule has 0 aliphatic carbocycles. The first-order valence-electron chi connectivity index (χ1n) is 6.39. The molecule has 1 aromatic carbocycles. The minimum Gasteiger partial charge on any atom is -0.381 e. The van der Waals surface area contributed by atoms with Crippen molar-refractivity contribution in [2.75, 3.05) is 25.1 Å². The molecule has 2 N–H and O–H groups in total. The second-order valence-electron chi connectivity index (χ2n) is 4.71. The van der Waals surface area contributed by atoms with Gasteiger partial charge < -0.3 is 15.4 Å². The van der Waals surface area contributed by atoms with Crippen LogP contribution in [0.1, 0.15) is 18.4 Å². The summed E-state index contributed by atoms with van der Waals surface area (Å²) in [5, 5.41) is 9.32. The molecule has 1 aliphatic heterocycles. The number of piperidine rings is 1. The van der Waals surface area contributed by atoms with Crippen LogP contribution < -0.4 is 10.6 Å². The summed E-state index contributed by atoms with van der Waals surface area (Å²) < 4.78 is 6.26. The Kier molecular flexibility index (Phi) is 4.81. The van der Waals surface area contributed by atoms with E-state index >= 15 is 0 Å². The third kappa shape index (κ3) is 2.92. The van der Waals surface area contributed by atoms with Gasteiger partial charge in [0.15, 0.2) is 0 Å². The van der Waals surface area contributed by atoms with Gasteiger partial charge >= 0.3 is 0 Å². The molecule has 1 saturated heterocycles. The average Bonchev–Trinajstić information content (AvgIpc) is 2.46. The van der Waals surface area contributed by atoms with Crippen molar-refractivity contribution in [2.45, 2.75) is 25.0 Å². The number of halogens is 1. The van der Waals surface area contributed by atoms with Crippen LogP contribution in [0.4, 0.5) is 5.69 Å². The van der Waals surface area contributed by atoms with Gasteiger partial charge in [-0.3, -0.25) is 0 Å². The molecule has 0 aromatic heterocycles. The molecule has 1 heterocycles. The lowest BCUT2D eigenvalue weighted by Gasteiger charge is -2.40. The number of nitriles is 1. The van der Waals surface area contributed by atoms with Crippen LogP contribution in [-0.2, 0) is 4.74 Å². The van der Waals surface area contributed by atoms with E-state index < -0.39 is 0 Å². The average molecular weight is 324 g/mol. The van der Waals surface area contributed by atoms with Crippen LogP contribution in [0.2, 0.25) is 0 Å². The fourth-order valence-electron chi connectivity index (χ4n) is 2.63. The highest BCUT2D eigenvalue weighted by molar-refractivity contribution is 9.10. The number of anilines is 1. The number of nitrogens with zero attached hydrogens (tertiary/aromatic N) is 2. The predicted octanol–water partition coefficient (Wildman–Crippen LogP) is 2.26. The lowest BCUT2D eigenvalue weighted by Crippen LogP contribution is -2.49. The Bertz CT molecular complexity index is 486. The van der Waals surface area contributed by atoms with Crippen LogP contribution in [0, 0.1) is 11.3 Å². The van der Waals surface area contributed by atoms with Crippen LogP contribution in [0.5, 0.6) is 0 Å². The summed E-state index contributed by atoms with van der Waals surface area (Å²) in [5.41, 5.74) is 7.52. The van der Waals surface area contributed by atoms with E-state index in [0.717, 1.165) is 29.5 Å². The Morgan fingerprint density at radius 3 is 3.00 bits per heavy atom. The van der Waals surface area contributed by atoms with Crippen molar-refractivity contribution >= 4 is 21.6 Å². The minimum absolute atomic E-state index is 0.222. The Balaban J connectivity index is 2.31. The van der Waals surface area contributed by atoms with Crippen molar-refractivity contribution in [1.82, 2.24) is 0 Å². The molecule has 102 valence electrons. The largest absolute Gasteiger partial charge is 0.381 e. The van der Waals surface area contributed by atoms with Crippen molar-refractivity contribution in [2.24, 2.45) is 5.73 Å². The minimum atomic E-state index is 0.222. The summed E-state index contributed by atoms with van der Waals surface area (Å²) in [6, 6.07) is 8.32. The van der Waals surface area contributed by atoms with Crippen molar-refractivity contribution in [3.05, 3.63) is 28.2 Å². The Labute approximate surface area is 122 Å². The molecule has 0 spiro atoms. The standard InChI is InChI=1S/C14H18BrN3O/c1-19-11-5-6-18(10(7-11)8-16)14-4-2-3-13(15)12(14)9-17/h2-4,10-11H,5-8,16H2,1H3. The van der Waals surface area contributed by atoms with Gasteiger partial charge in [-0.15, -0.1) is 0 Å². The summed E-state index contributed by atoms with van der Waals surface area (Å²) in [6.07, 6.45) is 2.14. The van der Waals surface area contributed by atoms with Crippen LogP contribution in [0.15, 0.2) is 22.7 Å². The van der Waals surface area contributed by atoms with Crippen molar-refractivity contribution in [1.29, 1.82) is 5.26 Å². The van der Waals surface area contributed by atoms with Crippen LogP contribution >= 0.6 is 15.9 Å². The zero-order chi connectivity index (χ0) is 13.8. The third-order valence-electron chi connectivity index (χ3n) is 3.69. The van der Waals surface area contributed by atoms with Gasteiger partial charge in [-0.2, -0.15) is 5.26 Å². The predicted molar refractivity (Wildman–Crippen MR) is 79.1 cm³/mol. The van der Waals surface area contributed by atoms with E-state index in [4.69, 9.17) is 10.5 Å². The smallest absolute Gasteiger partial charge is 0.103 e. The summed E-state index contributed by atoms with van der Waals surface area (Å²) in [7, 11) is 1.74. The molecule has 1 aromatic rings.